The zero-order chi connectivity index (χ0) is 12.0. The van der Waals surface area contributed by atoms with Crippen molar-refractivity contribution in [3.63, 3.8) is 0 Å². The first-order valence-electron chi connectivity index (χ1n) is 5.47. The Labute approximate surface area is 97.2 Å². The highest BCUT2D eigenvalue weighted by Crippen LogP contribution is 2.35. The van der Waals surface area contributed by atoms with Crippen LogP contribution in [0.15, 0.2) is 42.5 Å². The summed E-state index contributed by atoms with van der Waals surface area (Å²) in [6, 6.07) is 11.7. The molecule has 0 radical (unpaired) electrons. The fourth-order valence-corrected chi connectivity index (χ4v) is 2.34. The molecule has 0 atom stereocenters. The summed E-state index contributed by atoms with van der Waals surface area (Å²) in [5.41, 5.74) is 3.24. The van der Waals surface area contributed by atoms with Gasteiger partial charge < -0.3 is 12.9 Å². The molecule has 0 bridgehead atoms. The smallest absolute Gasteiger partial charge is 0.445 e. The minimum Gasteiger partial charge on any atom is -0.445 e. The average molecular weight is 233 g/mol. The summed E-state index contributed by atoms with van der Waals surface area (Å²) in [6.45, 7) is -4.91. The third-order valence-electron chi connectivity index (χ3n) is 3.20. The summed E-state index contributed by atoms with van der Waals surface area (Å²) >= 11 is 0. The Morgan fingerprint density at radius 3 is 2.29 bits per heavy atom. The lowest BCUT2D eigenvalue weighted by Crippen LogP contribution is -2.33. The first-order chi connectivity index (χ1) is 8.05. The number of hydrogen-bond acceptors (Lipinski definition) is 0. The second-order valence-electron chi connectivity index (χ2n) is 4.33. The number of halogens is 3. The lowest BCUT2D eigenvalue weighted by Gasteiger charge is -2.16. The fraction of sp³-hybridized carbons (Fsp3) is 0.0769. The maximum absolute atomic E-state index is 12.7. The number of rotatable bonds is 1. The molecule has 0 amide bonds. The van der Waals surface area contributed by atoms with Crippen LogP contribution in [-0.2, 0) is 6.42 Å². The molecule has 0 N–H and O–H groups in total. The maximum Gasteiger partial charge on any atom is 0.509 e. The van der Waals surface area contributed by atoms with Crippen molar-refractivity contribution in [3.05, 3.63) is 53.6 Å². The van der Waals surface area contributed by atoms with E-state index in [1.807, 2.05) is 24.3 Å². The van der Waals surface area contributed by atoms with E-state index in [0.29, 0.717) is 0 Å². The second-order valence-corrected chi connectivity index (χ2v) is 4.33. The largest absolute Gasteiger partial charge is 0.509 e. The molecule has 0 aromatic heterocycles. The van der Waals surface area contributed by atoms with Crippen molar-refractivity contribution in [1.82, 2.24) is 0 Å². The first kappa shape index (κ1) is 10.4. The van der Waals surface area contributed by atoms with Gasteiger partial charge in [0.1, 0.15) is 0 Å². The summed E-state index contributed by atoms with van der Waals surface area (Å²) < 4.78 is 38.1. The normalized spacial score (nSPS) is 13.4. The minimum atomic E-state index is -4.91. The van der Waals surface area contributed by atoms with Crippen molar-refractivity contribution in [2.75, 3.05) is 0 Å². The fourth-order valence-electron chi connectivity index (χ4n) is 2.34. The maximum atomic E-state index is 12.7. The van der Waals surface area contributed by atoms with Crippen molar-refractivity contribution in [2.45, 2.75) is 6.42 Å². The second kappa shape index (κ2) is 3.39. The average Bonchev–Trinajstić information content (AvgIpc) is 2.65. The van der Waals surface area contributed by atoms with Gasteiger partial charge in [-0.25, -0.2) is 0 Å². The molecule has 0 nitrogen and oxygen atoms in total. The third-order valence-corrected chi connectivity index (χ3v) is 3.20. The van der Waals surface area contributed by atoms with Crippen LogP contribution in [-0.4, -0.2) is 6.98 Å². The molecule has 86 valence electrons. The number of benzene rings is 2. The topological polar surface area (TPSA) is 0 Å². The third kappa shape index (κ3) is 1.64. The summed E-state index contributed by atoms with van der Waals surface area (Å²) in [5, 5.41) is 0. The van der Waals surface area contributed by atoms with Crippen LogP contribution >= 0.6 is 0 Å². The van der Waals surface area contributed by atoms with E-state index in [2.05, 4.69) is 0 Å². The van der Waals surface area contributed by atoms with E-state index in [1.54, 1.807) is 6.07 Å². The minimum absolute atomic E-state index is 0.513. The molecule has 0 aliphatic heterocycles. The van der Waals surface area contributed by atoms with Crippen LogP contribution in [0.4, 0.5) is 12.9 Å². The van der Waals surface area contributed by atoms with Gasteiger partial charge in [-0.05, 0) is 28.7 Å². The molecule has 17 heavy (non-hydrogen) atoms. The molecule has 0 fully saturated rings. The van der Waals surface area contributed by atoms with E-state index in [0.717, 1.165) is 28.7 Å². The van der Waals surface area contributed by atoms with E-state index in [4.69, 9.17) is 0 Å². The van der Waals surface area contributed by atoms with Crippen LogP contribution in [0.5, 0.6) is 0 Å². The summed E-state index contributed by atoms with van der Waals surface area (Å²) in [5.74, 6) is 0. The zero-order valence-corrected chi connectivity index (χ0v) is 8.96. The van der Waals surface area contributed by atoms with E-state index in [9.17, 15) is 12.9 Å². The van der Waals surface area contributed by atoms with Crippen LogP contribution in [0.25, 0.3) is 11.1 Å². The summed E-state index contributed by atoms with van der Waals surface area (Å²) in [4.78, 5) is 0. The molecule has 1 aliphatic rings. The Morgan fingerprint density at radius 2 is 1.53 bits per heavy atom. The Kier molecular flexibility index (Phi) is 2.08. The van der Waals surface area contributed by atoms with Crippen molar-refractivity contribution in [2.24, 2.45) is 0 Å². The van der Waals surface area contributed by atoms with Gasteiger partial charge in [0.2, 0.25) is 0 Å². The molecule has 0 saturated heterocycles. The Balaban J connectivity index is 2.18. The lowest BCUT2D eigenvalue weighted by atomic mass is 9.78. The monoisotopic (exact) mass is 233 g/mol. The van der Waals surface area contributed by atoms with Gasteiger partial charge in [0.25, 0.3) is 0 Å². The van der Waals surface area contributed by atoms with Crippen molar-refractivity contribution in [3.8, 4) is 11.1 Å². The molecular weight excluding hydrogens is 224 g/mol. The van der Waals surface area contributed by atoms with Gasteiger partial charge in [0, 0.05) is 0 Å². The van der Waals surface area contributed by atoms with Gasteiger partial charge in [0.15, 0.2) is 0 Å². The van der Waals surface area contributed by atoms with Crippen molar-refractivity contribution < 1.29 is 12.9 Å². The molecule has 3 rings (SSSR count). The Bertz CT molecular complexity index is 587. The molecule has 2 aromatic carbocycles. The highest BCUT2D eigenvalue weighted by molar-refractivity contribution is 6.73. The van der Waals surface area contributed by atoms with E-state index >= 15 is 0 Å². The molecule has 0 spiro atoms. The highest BCUT2D eigenvalue weighted by atomic mass is 19.4. The van der Waals surface area contributed by atoms with Crippen molar-refractivity contribution >= 4 is 12.4 Å². The lowest BCUT2D eigenvalue weighted by molar-refractivity contribution is 0.501. The van der Waals surface area contributed by atoms with Crippen LogP contribution < -0.4 is 5.46 Å². The van der Waals surface area contributed by atoms with Crippen LogP contribution in [0.1, 0.15) is 11.1 Å². The van der Waals surface area contributed by atoms with Gasteiger partial charge in [-0.2, -0.15) is 0 Å². The quantitative estimate of drug-likeness (QED) is 0.565. The van der Waals surface area contributed by atoms with Gasteiger partial charge >= 0.3 is 6.98 Å². The van der Waals surface area contributed by atoms with Gasteiger partial charge in [-0.1, -0.05) is 42.5 Å². The predicted octanol–water partition coefficient (Wildman–Crippen LogP) is 3.31. The summed E-state index contributed by atoms with van der Waals surface area (Å²) in [6.07, 6.45) is 0.733. The molecular formula is C13H9BF3-. The molecule has 0 unspecified atom stereocenters. The molecule has 0 heterocycles. The van der Waals surface area contributed by atoms with Crippen LogP contribution in [0, 0.1) is 0 Å². The van der Waals surface area contributed by atoms with Crippen LogP contribution in [0.2, 0.25) is 0 Å². The molecule has 1 aliphatic carbocycles. The van der Waals surface area contributed by atoms with E-state index in [-0.39, 0.29) is 0 Å². The van der Waals surface area contributed by atoms with E-state index in [1.165, 1.54) is 12.1 Å². The van der Waals surface area contributed by atoms with Gasteiger partial charge in [0.05, 0.1) is 0 Å². The SMILES string of the molecule is F[B-](F)(F)c1ccc2c(c1)-c1ccccc1C2. The molecule has 4 heteroatoms. The standard InChI is InChI=1S/C13H9BF3/c15-14(16,17)11-6-5-10-7-9-3-1-2-4-12(9)13(10)8-11/h1-6,8H,7H2/q-1. The molecule has 0 saturated carbocycles. The first-order valence-corrected chi connectivity index (χ1v) is 5.47. The zero-order valence-electron chi connectivity index (χ0n) is 8.96. The predicted molar refractivity (Wildman–Crippen MR) is 63.4 cm³/mol. The number of hydrogen-bond donors (Lipinski definition) is 0. The van der Waals surface area contributed by atoms with Crippen LogP contribution in [0.3, 0.4) is 0 Å². The van der Waals surface area contributed by atoms with Gasteiger partial charge in [-0.3, -0.25) is 0 Å². The Morgan fingerprint density at radius 1 is 0.824 bits per heavy atom. The van der Waals surface area contributed by atoms with Gasteiger partial charge in [-0.15, -0.1) is 5.46 Å². The van der Waals surface area contributed by atoms with E-state index < -0.39 is 12.4 Å². The Hall–Kier alpha value is -1.71. The molecule has 2 aromatic rings. The highest BCUT2D eigenvalue weighted by Gasteiger charge is 2.27. The summed E-state index contributed by atoms with van der Waals surface area (Å²) in [7, 11) is 0. The van der Waals surface area contributed by atoms with Crippen molar-refractivity contribution in [1.29, 1.82) is 0 Å². The number of fused-ring (bicyclic) bond motifs is 3.